The van der Waals surface area contributed by atoms with Crippen LogP contribution >= 0.6 is 0 Å². The Bertz CT molecular complexity index is 930. The lowest BCUT2D eigenvalue weighted by Gasteiger charge is -2.27. The largest absolute Gasteiger partial charge is 0.507 e. The number of methoxy groups -OCH3 is 1. The van der Waals surface area contributed by atoms with Gasteiger partial charge in [0.05, 0.1) is 24.8 Å². The molecule has 2 aromatic carbocycles. The van der Waals surface area contributed by atoms with Crippen molar-refractivity contribution >= 4 is 17.4 Å². The van der Waals surface area contributed by atoms with E-state index >= 15 is 0 Å². The second-order valence-corrected chi connectivity index (χ2v) is 6.91. The van der Waals surface area contributed by atoms with Gasteiger partial charge in [-0.15, -0.1) is 0 Å². The fourth-order valence-corrected chi connectivity index (χ4v) is 3.44. The van der Waals surface area contributed by atoms with Gasteiger partial charge in [0.2, 0.25) is 0 Å². The SMILES string of the molecule is COc1ccccc1[C@H]1C(=C(O)c2ccc(C)cc2)C(=O)C(=O)N1C[C@@H](C)O. The van der Waals surface area contributed by atoms with Crippen LogP contribution in [0, 0.1) is 6.92 Å². The number of β-amino-alcohol motifs (C(OH)–C–C–N with tert-alkyl or cyclic N) is 1. The van der Waals surface area contributed by atoms with Gasteiger partial charge in [0.1, 0.15) is 11.5 Å². The zero-order valence-corrected chi connectivity index (χ0v) is 16.0. The van der Waals surface area contributed by atoms with Crippen LogP contribution in [0.5, 0.6) is 5.75 Å². The second kappa shape index (κ2) is 7.86. The van der Waals surface area contributed by atoms with Crippen molar-refractivity contribution in [3.63, 3.8) is 0 Å². The number of aryl methyl sites for hydroxylation is 1. The van der Waals surface area contributed by atoms with Gasteiger partial charge in [-0.1, -0.05) is 48.0 Å². The molecule has 0 saturated carbocycles. The summed E-state index contributed by atoms with van der Waals surface area (Å²) in [5, 5.41) is 20.8. The molecule has 2 atom stereocenters. The third-order valence-electron chi connectivity index (χ3n) is 4.76. The first kappa shape index (κ1) is 19.6. The summed E-state index contributed by atoms with van der Waals surface area (Å²) in [6, 6.07) is 13.2. The number of amides is 1. The number of ketones is 1. The molecule has 1 amide bonds. The van der Waals surface area contributed by atoms with Crippen LogP contribution in [0.1, 0.15) is 29.7 Å². The average molecular weight is 381 g/mol. The minimum atomic E-state index is -0.855. The van der Waals surface area contributed by atoms with Crippen LogP contribution in [0.25, 0.3) is 5.76 Å². The van der Waals surface area contributed by atoms with Gasteiger partial charge in [-0.3, -0.25) is 9.59 Å². The number of Topliss-reactive ketones (excluding diaryl/α,β-unsaturated/α-hetero) is 1. The Morgan fingerprint density at radius 3 is 2.39 bits per heavy atom. The normalized spacial score (nSPS) is 19.7. The number of likely N-dealkylation sites (tertiary alicyclic amines) is 1. The number of ether oxygens (including phenoxy) is 1. The molecule has 0 radical (unpaired) electrons. The third-order valence-corrected chi connectivity index (χ3v) is 4.76. The van der Waals surface area contributed by atoms with Gasteiger partial charge in [0.15, 0.2) is 0 Å². The summed E-state index contributed by atoms with van der Waals surface area (Å²) in [5.74, 6) is -1.30. The molecule has 1 aliphatic heterocycles. The minimum Gasteiger partial charge on any atom is -0.507 e. The summed E-state index contributed by atoms with van der Waals surface area (Å²) in [4.78, 5) is 26.8. The summed E-state index contributed by atoms with van der Waals surface area (Å²) in [7, 11) is 1.50. The van der Waals surface area contributed by atoms with Gasteiger partial charge in [-0.05, 0) is 19.9 Å². The molecular weight excluding hydrogens is 358 g/mol. The van der Waals surface area contributed by atoms with Gasteiger partial charge in [-0.2, -0.15) is 0 Å². The maximum atomic E-state index is 12.8. The van der Waals surface area contributed by atoms with E-state index in [-0.39, 0.29) is 17.9 Å². The van der Waals surface area contributed by atoms with Crippen molar-refractivity contribution < 1.29 is 24.5 Å². The number of carbonyl (C=O) groups is 2. The first-order valence-corrected chi connectivity index (χ1v) is 9.01. The lowest BCUT2D eigenvalue weighted by molar-refractivity contribution is -0.140. The smallest absolute Gasteiger partial charge is 0.295 e. The summed E-state index contributed by atoms with van der Waals surface area (Å²) in [6.07, 6.45) is -0.838. The summed E-state index contributed by atoms with van der Waals surface area (Å²) < 4.78 is 5.42. The predicted molar refractivity (Wildman–Crippen MR) is 105 cm³/mol. The molecule has 1 saturated heterocycles. The van der Waals surface area contributed by atoms with Crippen molar-refractivity contribution in [2.45, 2.75) is 26.0 Å². The van der Waals surface area contributed by atoms with E-state index in [2.05, 4.69) is 0 Å². The Morgan fingerprint density at radius 1 is 1.14 bits per heavy atom. The maximum Gasteiger partial charge on any atom is 0.295 e. The molecule has 1 aliphatic rings. The standard InChI is InChI=1S/C22H23NO5/c1-13-8-10-15(11-9-13)20(25)18-19(16-6-4-5-7-17(16)28-3)23(12-14(2)24)22(27)21(18)26/h4-11,14,19,24-25H,12H2,1-3H3/t14-,19+/m1/s1. The topological polar surface area (TPSA) is 87.1 Å². The van der Waals surface area contributed by atoms with Crippen LogP contribution in [0.15, 0.2) is 54.1 Å². The molecule has 28 heavy (non-hydrogen) atoms. The van der Waals surface area contributed by atoms with Gasteiger partial charge < -0.3 is 19.8 Å². The highest BCUT2D eigenvalue weighted by Gasteiger charge is 2.47. The van der Waals surface area contributed by atoms with Crippen molar-refractivity contribution in [3.8, 4) is 5.75 Å². The molecule has 6 nitrogen and oxygen atoms in total. The fraction of sp³-hybridized carbons (Fsp3) is 0.273. The van der Waals surface area contributed by atoms with Gasteiger partial charge in [0, 0.05) is 17.7 Å². The highest BCUT2D eigenvalue weighted by molar-refractivity contribution is 6.46. The molecule has 1 fully saturated rings. The Labute approximate surface area is 163 Å². The number of carbonyl (C=O) groups excluding carboxylic acids is 2. The van der Waals surface area contributed by atoms with Crippen molar-refractivity contribution in [3.05, 3.63) is 70.8 Å². The highest BCUT2D eigenvalue weighted by atomic mass is 16.5. The third kappa shape index (κ3) is 3.51. The Kier molecular flexibility index (Phi) is 5.51. The van der Waals surface area contributed by atoms with E-state index in [4.69, 9.17) is 4.74 Å². The molecule has 1 heterocycles. The number of aliphatic hydroxyl groups excluding tert-OH is 2. The van der Waals surface area contributed by atoms with E-state index in [1.807, 2.05) is 19.1 Å². The molecule has 2 aromatic rings. The summed E-state index contributed by atoms with van der Waals surface area (Å²) in [6.45, 7) is 3.41. The molecular formula is C22H23NO5. The first-order chi connectivity index (χ1) is 13.3. The Balaban J connectivity index is 2.23. The van der Waals surface area contributed by atoms with Crippen LogP contribution in [0.2, 0.25) is 0 Å². The number of hydrogen-bond acceptors (Lipinski definition) is 5. The minimum absolute atomic E-state index is 0.0148. The zero-order chi connectivity index (χ0) is 20.4. The van der Waals surface area contributed by atoms with Crippen LogP contribution in [0.3, 0.4) is 0 Å². The van der Waals surface area contributed by atoms with E-state index in [1.54, 1.807) is 43.3 Å². The van der Waals surface area contributed by atoms with Crippen molar-refractivity contribution in [1.29, 1.82) is 0 Å². The molecule has 3 rings (SSSR count). The Morgan fingerprint density at radius 2 is 1.79 bits per heavy atom. The molecule has 0 bridgehead atoms. The average Bonchev–Trinajstić information content (AvgIpc) is 2.92. The monoisotopic (exact) mass is 381 g/mol. The number of aliphatic hydroxyl groups is 2. The molecule has 0 spiro atoms. The van der Waals surface area contributed by atoms with E-state index in [0.717, 1.165) is 5.56 Å². The fourth-order valence-electron chi connectivity index (χ4n) is 3.44. The van der Waals surface area contributed by atoms with Crippen LogP contribution in [-0.4, -0.2) is 46.6 Å². The molecule has 146 valence electrons. The first-order valence-electron chi connectivity index (χ1n) is 9.01. The quantitative estimate of drug-likeness (QED) is 0.472. The van der Waals surface area contributed by atoms with Gasteiger partial charge in [0.25, 0.3) is 11.7 Å². The lowest BCUT2D eigenvalue weighted by Crippen LogP contribution is -2.35. The predicted octanol–water partition coefficient (Wildman–Crippen LogP) is 2.81. The number of benzene rings is 2. The van der Waals surface area contributed by atoms with Crippen LogP contribution < -0.4 is 4.74 Å². The van der Waals surface area contributed by atoms with Crippen molar-refractivity contribution in [2.24, 2.45) is 0 Å². The van der Waals surface area contributed by atoms with Crippen molar-refractivity contribution in [2.75, 3.05) is 13.7 Å². The van der Waals surface area contributed by atoms with Gasteiger partial charge >= 0.3 is 0 Å². The van der Waals surface area contributed by atoms with E-state index < -0.39 is 23.8 Å². The van der Waals surface area contributed by atoms with Crippen molar-refractivity contribution in [1.82, 2.24) is 4.90 Å². The van der Waals surface area contributed by atoms with E-state index in [9.17, 15) is 19.8 Å². The van der Waals surface area contributed by atoms with Crippen LogP contribution in [-0.2, 0) is 9.59 Å². The maximum absolute atomic E-state index is 12.8. The molecule has 0 aliphatic carbocycles. The number of nitrogens with zero attached hydrogens (tertiary/aromatic N) is 1. The lowest BCUT2D eigenvalue weighted by atomic mass is 9.94. The van der Waals surface area contributed by atoms with Crippen LogP contribution in [0.4, 0.5) is 0 Å². The number of para-hydroxylation sites is 1. The molecule has 0 aromatic heterocycles. The highest BCUT2D eigenvalue weighted by Crippen LogP contribution is 2.42. The number of rotatable bonds is 5. The zero-order valence-electron chi connectivity index (χ0n) is 16.0. The molecule has 2 N–H and O–H groups in total. The number of hydrogen-bond donors (Lipinski definition) is 2. The molecule has 6 heteroatoms. The van der Waals surface area contributed by atoms with E-state index in [0.29, 0.717) is 16.9 Å². The van der Waals surface area contributed by atoms with E-state index in [1.165, 1.54) is 12.0 Å². The second-order valence-electron chi connectivity index (χ2n) is 6.91. The summed E-state index contributed by atoms with van der Waals surface area (Å²) >= 11 is 0. The summed E-state index contributed by atoms with van der Waals surface area (Å²) in [5.41, 5.74) is 2.01. The Hall–Kier alpha value is -3.12. The van der Waals surface area contributed by atoms with Gasteiger partial charge in [-0.25, -0.2) is 0 Å². The molecule has 0 unspecified atom stereocenters.